The SMILES string of the molecule is CCCN1C(=O)N/C(=C/c2cc(Br)c(OCc3ccccc3)c(OCC)c2)C1=O. The first-order valence-corrected chi connectivity index (χ1v) is 10.3. The lowest BCUT2D eigenvalue weighted by atomic mass is 10.1. The molecule has 6 nitrogen and oxygen atoms in total. The summed E-state index contributed by atoms with van der Waals surface area (Å²) >= 11 is 3.54. The molecule has 0 unspecified atom stereocenters. The number of urea groups is 1. The van der Waals surface area contributed by atoms with Crippen LogP contribution in [0.3, 0.4) is 0 Å². The minimum atomic E-state index is -0.394. The largest absolute Gasteiger partial charge is 0.490 e. The van der Waals surface area contributed by atoms with Gasteiger partial charge in [-0.1, -0.05) is 37.3 Å². The van der Waals surface area contributed by atoms with Gasteiger partial charge < -0.3 is 14.8 Å². The Hall–Kier alpha value is -2.80. The van der Waals surface area contributed by atoms with E-state index >= 15 is 0 Å². The van der Waals surface area contributed by atoms with Crippen LogP contribution in [-0.2, 0) is 11.4 Å². The zero-order valence-corrected chi connectivity index (χ0v) is 18.0. The molecule has 152 valence electrons. The van der Waals surface area contributed by atoms with E-state index in [9.17, 15) is 9.59 Å². The summed E-state index contributed by atoms with van der Waals surface area (Å²) in [5.74, 6) is 0.828. The standard InChI is InChI=1S/C22H23BrN2O4/c1-3-10-25-21(26)18(24-22(25)27)12-16-11-17(23)20(19(13-16)28-4-2)29-14-15-8-6-5-7-9-15/h5-9,11-13H,3-4,10,14H2,1-2H3,(H,24,27)/b18-12+. The van der Waals surface area contributed by atoms with Gasteiger partial charge in [0.1, 0.15) is 12.3 Å². The number of carbonyl (C=O) groups excluding carboxylic acids is 2. The quantitative estimate of drug-likeness (QED) is 0.458. The molecule has 3 amide bonds. The highest BCUT2D eigenvalue weighted by Crippen LogP contribution is 2.38. The van der Waals surface area contributed by atoms with Crippen LogP contribution in [0.25, 0.3) is 6.08 Å². The summed E-state index contributed by atoms with van der Waals surface area (Å²) in [7, 11) is 0. The van der Waals surface area contributed by atoms with Crippen molar-refractivity contribution in [2.24, 2.45) is 0 Å². The van der Waals surface area contributed by atoms with Crippen molar-refractivity contribution in [3.63, 3.8) is 0 Å². The number of benzene rings is 2. The second-order valence-electron chi connectivity index (χ2n) is 6.48. The van der Waals surface area contributed by atoms with Crippen molar-refractivity contribution in [2.45, 2.75) is 26.9 Å². The number of carbonyl (C=O) groups is 2. The Morgan fingerprint density at radius 3 is 2.55 bits per heavy atom. The fraction of sp³-hybridized carbons (Fsp3) is 0.273. The van der Waals surface area contributed by atoms with Gasteiger partial charge in [-0.25, -0.2) is 4.79 Å². The minimum absolute atomic E-state index is 0.246. The molecule has 0 spiro atoms. The molecule has 2 aromatic rings. The topological polar surface area (TPSA) is 67.9 Å². The second kappa shape index (κ2) is 9.60. The van der Waals surface area contributed by atoms with Gasteiger partial charge in [-0.3, -0.25) is 9.69 Å². The predicted octanol–water partition coefficient (Wildman–Crippen LogP) is 4.73. The number of hydrogen-bond acceptors (Lipinski definition) is 4. The van der Waals surface area contributed by atoms with Crippen molar-refractivity contribution in [3.8, 4) is 11.5 Å². The van der Waals surface area contributed by atoms with E-state index in [1.807, 2.05) is 50.2 Å². The molecule has 1 N–H and O–H groups in total. The molecule has 0 atom stereocenters. The maximum absolute atomic E-state index is 12.4. The monoisotopic (exact) mass is 458 g/mol. The van der Waals surface area contributed by atoms with Gasteiger partial charge in [0.2, 0.25) is 0 Å². The molecule has 1 fully saturated rings. The highest BCUT2D eigenvalue weighted by atomic mass is 79.9. The summed E-state index contributed by atoms with van der Waals surface area (Å²) < 4.78 is 12.4. The average Bonchev–Trinajstić information content (AvgIpc) is 2.96. The van der Waals surface area contributed by atoms with Gasteiger partial charge in [0.25, 0.3) is 5.91 Å². The molecule has 1 saturated heterocycles. The Balaban J connectivity index is 1.86. The minimum Gasteiger partial charge on any atom is -0.490 e. The molecule has 0 aliphatic carbocycles. The van der Waals surface area contributed by atoms with Gasteiger partial charge >= 0.3 is 6.03 Å². The Bertz CT molecular complexity index is 928. The first kappa shape index (κ1) is 20.9. The third-order valence-electron chi connectivity index (χ3n) is 4.28. The molecule has 3 rings (SSSR count). The van der Waals surface area contributed by atoms with E-state index < -0.39 is 6.03 Å². The van der Waals surface area contributed by atoms with E-state index in [-0.39, 0.29) is 11.6 Å². The molecule has 2 aromatic carbocycles. The molecule has 1 heterocycles. The summed E-state index contributed by atoms with van der Waals surface area (Å²) in [6.45, 7) is 5.07. The highest BCUT2D eigenvalue weighted by molar-refractivity contribution is 9.10. The normalized spacial score (nSPS) is 15.0. The van der Waals surface area contributed by atoms with Crippen molar-refractivity contribution in [2.75, 3.05) is 13.2 Å². The molecular formula is C22H23BrN2O4. The third-order valence-corrected chi connectivity index (χ3v) is 4.87. The maximum Gasteiger partial charge on any atom is 0.329 e. The highest BCUT2D eigenvalue weighted by Gasteiger charge is 2.32. The molecule has 7 heteroatoms. The Labute approximate surface area is 178 Å². The zero-order chi connectivity index (χ0) is 20.8. The molecule has 0 radical (unpaired) electrons. The van der Waals surface area contributed by atoms with Crippen LogP contribution in [0, 0.1) is 0 Å². The van der Waals surface area contributed by atoms with E-state index in [1.165, 1.54) is 4.90 Å². The van der Waals surface area contributed by atoms with Gasteiger partial charge in [-0.05, 0) is 58.6 Å². The summed E-state index contributed by atoms with van der Waals surface area (Å²) in [4.78, 5) is 25.6. The predicted molar refractivity (Wildman–Crippen MR) is 115 cm³/mol. The van der Waals surface area contributed by atoms with E-state index in [1.54, 1.807) is 12.1 Å². The lowest BCUT2D eigenvalue weighted by Gasteiger charge is -2.15. The molecule has 1 aliphatic heterocycles. The lowest BCUT2D eigenvalue weighted by Crippen LogP contribution is -2.31. The Morgan fingerprint density at radius 2 is 1.86 bits per heavy atom. The molecule has 0 bridgehead atoms. The van der Waals surface area contributed by atoms with E-state index in [0.717, 1.165) is 11.1 Å². The number of nitrogens with zero attached hydrogens (tertiary/aromatic N) is 1. The van der Waals surface area contributed by atoms with Crippen LogP contribution in [0.4, 0.5) is 4.79 Å². The molecule has 0 aromatic heterocycles. The average molecular weight is 459 g/mol. The first-order chi connectivity index (χ1) is 14.0. The summed E-state index contributed by atoms with van der Waals surface area (Å²) in [5, 5.41) is 2.63. The summed E-state index contributed by atoms with van der Waals surface area (Å²) in [6.07, 6.45) is 2.35. The van der Waals surface area contributed by atoms with Crippen LogP contribution in [-0.4, -0.2) is 30.0 Å². The van der Waals surface area contributed by atoms with Crippen LogP contribution in [0.2, 0.25) is 0 Å². The number of hydrogen-bond donors (Lipinski definition) is 1. The summed E-state index contributed by atoms with van der Waals surface area (Å²) in [6, 6.07) is 13.1. The number of ether oxygens (including phenoxy) is 2. The summed E-state index contributed by atoms with van der Waals surface area (Å²) in [5.41, 5.74) is 2.01. The molecule has 0 saturated carbocycles. The van der Waals surface area contributed by atoms with Crippen molar-refractivity contribution >= 4 is 33.9 Å². The van der Waals surface area contributed by atoms with Crippen molar-refractivity contribution in [1.29, 1.82) is 0 Å². The molecular weight excluding hydrogens is 436 g/mol. The van der Waals surface area contributed by atoms with Gasteiger partial charge in [0.05, 0.1) is 11.1 Å². The van der Waals surface area contributed by atoms with Gasteiger partial charge in [-0.2, -0.15) is 0 Å². The Kier molecular flexibility index (Phi) is 6.93. The third kappa shape index (κ3) is 4.98. The van der Waals surface area contributed by atoms with E-state index in [2.05, 4.69) is 21.2 Å². The van der Waals surface area contributed by atoms with Crippen LogP contribution >= 0.6 is 15.9 Å². The van der Waals surface area contributed by atoms with E-state index in [4.69, 9.17) is 9.47 Å². The van der Waals surface area contributed by atoms with Gasteiger partial charge in [-0.15, -0.1) is 0 Å². The van der Waals surface area contributed by atoms with Gasteiger partial charge in [0.15, 0.2) is 11.5 Å². The van der Waals surface area contributed by atoms with Crippen molar-refractivity contribution in [3.05, 3.63) is 63.8 Å². The van der Waals surface area contributed by atoms with Crippen LogP contribution in [0.15, 0.2) is 52.6 Å². The maximum atomic E-state index is 12.4. The van der Waals surface area contributed by atoms with Crippen molar-refractivity contribution in [1.82, 2.24) is 10.2 Å². The fourth-order valence-electron chi connectivity index (χ4n) is 2.97. The van der Waals surface area contributed by atoms with Crippen LogP contribution < -0.4 is 14.8 Å². The van der Waals surface area contributed by atoms with Crippen LogP contribution in [0.5, 0.6) is 11.5 Å². The zero-order valence-electron chi connectivity index (χ0n) is 16.4. The smallest absolute Gasteiger partial charge is 0.329 e. The fourth-order valence-corrected chi connectivity index (χ4v) is 3.54. The number of nitrogens with one attached hydrogen (secondary N) is 1. The number of halogens is 1. The first-order valence-electron chi connectivity index (χ1n) is 9.51. The number of amides is 3. The number of rotatable bonds is 8. The molecule has 1 aliphatic rings. The van der Waals surface area contributed by atoms with Gasteiger partial charge in [0, 0.05) is 6.54 Å². The lowest BCUT2D eigenvalue weighted by molar-refractivity contribution is -0.122. The molecule has 29 heavy (non-hydrogen) atoms. The Morgan fingerprint density at radius 1 is 1.10 bits per heavy atom. The van der Waals surface area contributed by atoms with Crippen molar-refractivity contribution < 1.29 is 19.1 Å². The van der Waals surface area contributed by atoms with E-state index in [0.29, 0.717) is 42.2 Å². The number of imide groups is 1. The van der Waals surface area contributed by atoms with Crippen LogP contribution in [0.1, 0.15) is 31.4 Å². The second-order valence-corrected chi connectivity index (χ2v) is 7.34.